The van der Waals surface area contributed by atoms with Crippen LogP contribution in [0, 0.1) is 0 Å². The van der Waals surface area contributed by atoms with Gasteiger partial charge in [0.1, 0.15) is 18.1 Å². The molecule has 2 aromatic rings. The van der Waals surface area contributed by atoms with E-state index in [1.165, 1.54) is 11.8 Å². The molecule has 0 spiro atoms. The third-order valence-corrected chi connectivity index (χ3v) is 6.38. The molecule has 2 rings (SSSR count). The number of aromatic nitrogens is 1. The van der Waals surface area contributed by atoms with Crippen molar-refractivity contribution in [2.24, 2.45) is 22.2 Å². The summed E-state index contributed by atoms with van der Waals surface area (Å²) < 4.78 is 0. The summed E-state index contributed by atoms with van der Waals surface area (Å²) in [7, 11) is 0. The average Bonchev–Trinajstić information content (AvgIpc) is 3.29. The molecule has 1 aromatic carbocycles. The summed E-state index contributed by atoms with van der Waals surface area (Å²) in [6.07, 6.45) is 4.41. The molecule has 0 fully saturated rings. The molecule has 0 aliphatic rings. The lowest BCUT2D eigenvalue weighted by molar-refractivity contribution is -0.142. The SMILES string of the molecule is CSCCC(NC(=O)CN)C(=O)NC(Cc1c[nH]c2ccccc12)C(=O)NC(CCCN=C(N)N)C(=O)O. The van der Waals surface area contributed by atoms with Gasteiger partial charge in [-0.3, -0.25) is 19.4 Å². The largest absolute Gasteiger partial charge is 0.480 e. The number of para-hydroxylation sites is 1. The predicted octanol–water partition coefficient (Wildman–Crippen LogP) is -0.985. The van der Waals surface area contributed by atoms with Crippen molar-refractivity contribution in [3.05, 3.63) is 36.0 Å². The molecule has 0 aliphatic carbocycles. The number of amides is 3. The van der Waals surface area contributed by atoms with Gasteiger partial charge in [-0.1, -0.05) is 18.2 Å². The van der Waals surface area contributed by atoms with Gasteiger partial charge in [0.05, 0.1) is 6.54 Å². The average molecular weight is 549 g/mol. The van der Waals surface area contributed by atoms with Crippen LogP contribution >= 0.6 is 11.8 Å². The van der Waals surface area contributed by atoms with Gasteiger partial charge in [0.15, 0.2) is 5.96 Å². The maximum atomic E-state index is 13.3. The Morgan fingerprint density at radius 3 is 2.37 bits per heavy atom. The molecule has 14 heteroatoms. The second-order valence-electron chi connectivity index (χ2n) is 8.58. The molecule has 0 saturated heterocycles. The third kappa shape index (κ3) is 9.59. The molecular formula is C24H36N8O5S. The van der Waals surface area contributed by atoms with E-state index in [4.69, 9.17) is 17.2 Å². The number of carboxylic acid groups (broad SMARTS) is 1. The van der Waals surface area contributed by atoms with Crippen molar-refractivity contribution in [3.8, 4) is 0 Å². The lowest BCUT2D eigenvalue weighted by Crippen LogP contribution is -2.57. The fourth-order valence-electron chi connectivity index (χ4n) is 3.79. The number of carboxylic acids is 1. The molecule has 11 N–H and O–H groups in total. The molecule has 3 atom stereocenters. The molecule has 1 aromatic heterocycles. The van der Waals surface area contributed by atoms with Gasteiger partial charge in [-0.2, -0.15) is 11.8 Å². The number of carbonyl (C=O) groups is 4. The van der Waals surface area contributed by atoms with Crippen LogP contribution in [0.15, 0.2) is 35.5 Å². The Morgan fingerprint density at radius 1 is 1.03 bits per heavy atom. The van der Waals surface area contributed by atoms with E-state index in [0.29, 0.717) is 18.6 Å². The molecule has 208 valence electrons. The van der Waals surface area contributed by atoms with E-state index in [2.05, 4.69) is 25.9 Å². The van der Waals surface area contributed by atoms with Gasteiger partial charge in [0.2, 0.25) is 17.7 Å². The zero-order chi connectivity index (χ0) is 28.1. The van der Waals surface area contributed by atoms with Crippen molar-refractivity contribution in [1.29, 1.82) is 0 Å². The molecule has 3 amide bonds. The van der Waals surface area contributed by atoms with Crippen LogP contribution in [0.5, 0.6) is 0 Å². The molecule has 13 nitrogen and oxygen atoms in total. The summed E-state index contributed by atoms with van der Waals surface area (Å²) in [5, 5.41) is 18.3. The first-order chi connectivity index (χ1) is 18.2. The summed E-state index contributed by atoms with van der Waals surface area (Å²) in [6.45, 7) is -0.0854. The maximum absolute atomic E-state index is 13.3. The van der Waals surface area contributed by atoms with Crippen molar-refractivity contribution in [2.75, 3.05) is 25.1 Å². The fourth-order valence-corrected chi connectivity index (χ4v) is 4.26. The Labute approximate surface area is 224 Å². The number of thioether (sulfide) groups is 1. The highest BCUT2D eigenvalue weighted by Crippen LogP contribution is 2.19. The number of guanidine groups is 1. The second-order valence-corrected chi connectivity index (χ2v) is 9.56. The van der Waals surface area contributed by atoms with Crippen LogP contribution in [0.3, 0.4) is 0 Å². The molecule has 1 heterocycles. The number of nitrogens with one attached hydrogen (secondary N) is 4. The van der Waals surface area contributed by atoms with E-state index < -0.39 is 41.8 Å². The van der Waals surface area contributed by atoms with E-state index in [1.54, 1.807) is 6.20 Å². The van der Waals surface area contributed by atoms with Gasteiger partial charge in [-0.05, 0) is 42.9 Å². The number of aromatic amines is 1. The number of nitrogens with two attached hydrogens (primary N) is 3. The van der Waals surface area contributed by atoms with Crippen LogP contribution in [-0.4, -0.2) is 83.0 Å². The van der Waals surface area contributed by atoms with Crippen LogP contribution in [0.25, 0.3) is 10.9 Å². The normalized spacial score (nSPS) is 13.2. The topological polar surface area (TPSA) is 231 Å². The number of fused-ring (bicyclic) bond motifs is 1. The maximum Gasteiger partial charge on any atom is 0.326 e. The Balaban J connectivity index is 2.26. The van der Waals surface area contributed by atoms with Gasteiger partial charge in [-0.15, -0.1) is 0 Å². The molecule has 38 heavy (non-hydrogen) atoms. The van der Waals surface area contributed by atoms with Gasteiger partial charge >= 0.3 is 5.97 Å². The Hall–Kier alpha value is -3.78. The number of rotatable bonds is 16. The number of aliphatic imine (C=N–C) groups is 1. The minimum Gasteiger partial charge on any atom is -0.480 e. The molecule has 0 radical (unpaired) electrons. The molecule has 3 unspecified atom stereocenters. The van der Waals surface area contributed by atoms with Crippen molar-refractivity contribution < 1.29 is 24.3 Å². The first-order valence-corrected chi connectivity index (χ1v) is 13.5. The highest BCUT2D eigenvalue weighted by molar-refractivity contribution is 7.98. The van der Waals surface area contributed by atoms with Crippen LogP contribution in [0.2, 0.25) is 0 Å². The number of aliphatic carboxylic acids is 1. The smallest absolute Gasteiger partial charge is 0.326 e. The van der Waals surface area contributed by atoms with Gasteiger partial charge < -0.3 is 43.2 Å². The Morgan fingerprint density at radius 2 is 1.71 bits per heavy atom. The summed E-state index contributed by atoms with van der Waals surface area (Å²) in [5.74, 6) is -2.50. The van der Waals surface area contributed by atoms with Crippen LogP contribution in [0.4, 0.5) is 0 Å². The quantitative estimate of drug-likeness (QED) is 0.0730. The molecule has 0 saturated carbocycles. The summed E-state index contributed by atoms with van der Waals surface area (Å²) >= 11 is 1.50. The lowest BCUT2D eigenvalue weighted by Gasteiger charge is -2.24. The summed E-state index contributed by atoms with van der Waals surface area (Å²) in [4.78, 5) is 57.2. The number of benzene rings is 1. The highest BCUT2D eigenvalue weighted by Gasteiger charge is 2.30. The van der Waals surface area contributed by atoms with Crippen LogP contribution in [-0.2, 0) is 25.6 Å². The van der Waals surface area contributed by atoms with Gasteiger partial charge in [0, 0.05) is 30.1 Å². The monoisotopic (exact) mass is 548 g/mol. The number of H-pyrrole nitrogens is 1. The Kier molecular flexibility index (Phi) is 12.4. The van der Waals surface area contributed by atoms with Crippen molar-refractivity contribution >= 4 is 52.3 Å². The molecule has 0 aliphatic heterocycles. The minimum atomic E-state index is -1.23. The Bertz CT molecular complexity index is 1130. The van der Waals surface area contributed by atoms with E-state index in [-0.39, 0.29) is 31.9 Å². The predicted molar refractivity (Wildman–Crippen MR) is 147 cm³/mol. The lowest BCUT2D eigenvalue weighted by atomic mass is 10.0. The first kappa shape index (κ1) is 30.4. The number of hydrogen-bond donors (Lipinski definition) is 8. The zero-order valence-corrected chi connectivity index (χ0v) is 22.1. The van der Waals surface area contributed by atoms with E-state index in [1.807, 2.05) is 30.5 Å². The second kappa shape index (κ2) is 15.5. The standard InChI is InChI=1S/C24H36N8O5S/c1-38-10-8-17(30-20(33)12-25)21(34)32-19(11-14-13-29-16-6-3-2-5-15(14)16)22(35)31-18(23(36)37)7-4-9-28-24(26)27/h2-3,5-6,13,17-19,29H,4,7-12,25H2,1H3,(H,30,33)(H,31,35)(H,32,34)(H,36,37)(H4,26,27,28). The zero-order valence-electron chi connectivity index (χ0n) is 21.2. The van der Waals surface area contributed by atoms with E-state index >= 15 is 0 Å². The fraction of sp³-hybridized carbons (Fsp3) is 0.458. The van der Waals surface area contributed by atoms with E-state index in [9.17, 15) is 24.3 Å². The molecular weight excluding hydrogens is 512 g/mol. The van der Waals surface area contributed by atoms with Crippen LogP contribution < -0.4 is 33.2 Å². The number of nitrogens with zero attached hydrogens (tertiary/aromatic N) is 1. The summed E-state index contributed by atoms with van der Waals surface area (Å²) in [6, 6.07) is 4.23. The molecule has 0 bridgehead atoms. The van der Waals surface area contributed by atoms with Crippen molar-refractivity contribution in [1.82, 2.24) is 20.9 Å². The van der Waals surface area contributed by atoms with Gasteiger partial charge in [0.25, 0.3) is 0 Å². The third-order valence-electron chi connectivity index (χ3n) is 5.74. The highest BCUT2D eigenvalue weighted by atomic mass is 32.2. The number of hydrogen-bond acceptors (Lipinski definition) is 7. The van der Waals surface area contributed by atoms with Crippen molar-refractivity contribution in [2.45, 2.75) is 43.8 Å². The minimum absolute atomic E-state index is 0.0779. The van der Waals surface area contributed by atoms with Crippen LogP contribution in [0.1, 0.15) is 24.8 Å². The number of carbonyl (C=O) groups excluding carboxylic acids is 3. The summed E-state index contributed by atoms with van der Waals surface area (Å²) in [5.41, 5.74) is 17.6. The van der Waals surface area contributed by atoms with E-state index in [0.717, 1.165) is 16.5 Å². The van der Waals surface area contributed by atoms with Crippen molar-refractivity contribution in [3.63, 3.8) is 0 Å². The first-order valence-electron chi connectivity index (χ1n) is 12.1. The van der Waals surface area contributed by atoms with Gasteiger partial charge in [-0.25, -0.2) is 4.79 Å².